The number of rotatable bonds is 3. The van der Waals surface area contributed by atoms with E-state index in [0.717, 1.165) is 17.5 Å². The van der Waals surface area contributed by atoms with Crippen molar-refractivity contribution in [2.75, 3.05) is 0 Å². The average molecular weight is 210 g/mol. The second-order valence-corrected chi connectivity index (χ2v) is 3.29. The van der Waals surface area contributed by atoms with E-state index in [4.69, 9.17) is 28.4 Å². The highest BCUT2D eigenvalue weighted by Gasteiger charge is 2.08. The Hall–Kier alpha value is -1.13. The quantitative estimate of drug-likeness (QED) is 0.739. The van der Waals surface area contributed by atoms with Crippen molar-refractivity contribution in [2.24, 2.45) is 11.5 Å². The van der Waals surface area contributed by atoms with Gasteiger partial charge < -0.3 is 16.2 Å². The number of hydrogen-bond donors (Lipinski definition) is 2. The van der Waals surface area contributed by atoms with Gasteiger partial charge in [-0.15, -0.1) is 0 Å². The topological polar surface area (TPSA) is 61.3 Å². The summed E-state index contributed by atoms with van der Waals surface area (Å²) in [5, 5.41) is 0.0283. The first kappa shape index (κ1) is 10.9. The predicted molar refractivity (Wildman–Crippen MR) is 61.1 cm³/mol. The molecule has 0 spiro atoms. The standard InChI is InChI=1S/C10H14N2OS/c1-2-7-4-3-5-8(6-11)9(7)13-10(12)14/h3-5H,2,6,11H2,1H3,(H2,12,14). The minimum atomic E-state index is 0.0283. The highest BCUT2D eigenvalue weighted by atomic mass is 32.1. The Morgan fingerprint density at radius 1 is 1.43 bits per heavy atom. The molecular formula is C10H14N2OS. The minimum absolute atomic E-state index is 0.0283. The van der Waals surface area contributed by atoms with Crippen molar-refractivity contribution in [2.45, 2.75) is 19.9 Å². The summed E-state index contributed by atoms with van der Waals surface area (Å²) in [6.07, 6.45) is 0.867. The van der Waals surface area contributed by atoms with Crippen LogP contribution in [0.4, 0.5) is 0 Å². The lowest BCUT2D eigenvalue weighted by atomic mass is 10.1. The Labute approximate surface area is 89.0 Å². The zero-order chi connectivity index (χ0) is 10.6. The van der Waals surface area contributed by atoms with E-state index in [1.54, 1.807) is 0 Å². The molecule has 76 valence electrons. The fourth-order valence-electron chi connectivity index (χ4n) is 1.31. The summed E-state index contributed by atoms with van der Waals surface area (Å²) < 4.78 is 5.29. The first-order valence-corrected chi connectivity index (χ1v) is 4.88. The van der Waals surface area contributed by atoms with Crippen molar-refractivity contribution in [3.63, 3.8) is 0 Å². The number of aryl methyl sites for hydroxylation is 1. The molecule has 0 aromatic heterocycles. The van der Waals surface area contributed by atoms with Crippen molar-refractivity contribution in [1.82, 2.24) is 0 Å². The van der Waals surface area contributed by atoms with Crippen molar-refractivity contribution >= 4 is 17.4 Å². The van der Waals surface area contributed by atoms with Gasteiger partial charge in [0.2, 0.25) is 0 Å². The number of thiocarbonyl (C=S) groups is 1. The van der Waals surface area contributed by atoms with E-state index in [0.29, 0.717) is 12.3 Å². The summed E-state index contributed by atoms with van der Waals surface area (Å²) in [6, 6.07) is 5.84. The summed E-state index contributed by atoms with van der Waals surface area (Å²) >= 11 is 4.71. The number of benzene rings is 1. The molecule has 0 saturated carbocycles. The zero-order valence-corrected chi connectivity index (χ0v) is 8.93. The van der Waals surface area contributed by atoms with E-state index in [-0.39, 0.29) is 5.17 Å². The van der Waals surface area contributed by atoms with Gasteiger partial charge >= 0.3 is 0 Å². The van der Waals surface area contributed by atoms with Crippen LogP contribution in [0.15, 0.2) is 18.2 Å². The van der Waals surface area contributed by atoms with Crippen molar-refractivity contribution in [1.29, 1.82) is 0 Å². The van der Waals surface area contributed by atoms with E-state index < -0.39 is 0 Å². The summed E-state index contributed by atoms with van der Waals surface area (Å²) in [5.41, 5.74) is 12.9. The normalized spacial score (nSPS) is 9.86. The molecule has 0 fully saturated rings. The van der Waals surface area contributed by atoms with Crippen LogP contribution in [-0.2, 0) is 13.0 Å². The van der Waals surface area contributed by atoms with Crippen LogP contribution in [0.2, 0.25) is 0 Å². The van der Waals surface area contributed by atoms with Crippen LogP contribution in [-0.4, -0.2) is 5.17 Å². The van der Waals surface area contributed by atoms with Crippen molar-refractivity contribution < 1.29 is 4.74 Å². The van der Waals surface area contributed by atoms with Gasteiger partial charge in [-0.25, -0.2) is 0 Å². The van der Waals surface area contributed by atoms with E-state index >= 15 is 0 Å². The lowest BCUT2D eigenvalue weighted by Gasteiger charge is -2.12. The van der Waals surface area contributed by atoms with Gasteiger partial charge in [-0.2, -0.15) is 0 Å². The molecule has 0 unspecified atom stereocenters. The molecule has 1 aromatic rings. The Bertz CT molecular complexity index is 317. The first-order valence-electron chi connectivity index (χ1n) is 4.47. The maximum absolute atomic E-state index is 5.59. The summed E-state index contributed by atoms with van der Waals surface area (Å²) in [5.74, 6) is 0.713. The van der Waals surface area contributed by atoms with Gasteiger partial charge in [0.1, 0.15) is 5.75 Å². The molecule has 1 aromatic carbocycles. The highest BCUT2D eigenvalue weighted by Crippen LogP contribution is 2.24. The maximum atomic E-state index is 5.59. The average Bonchev–Trinajstić information content (AvgIpc) is 2.17. The SMILES string of the molecule is CCc1cccc(CN)c1OC(N)=S. The van der Waals surface area contributed by atoms with Crippen LogP contribution in [0.25, 0.3) is 0 Å². The maximum Gasteiger partial charge on any atom is 0.259 e. The van der Waals surface area contributed by atoms with Crippen molar-refractivity contribution in [3.05, 3.63) is 29.3 Å². The van der Waals surface area contributed by atoms with Crippen LogP contribution in [0.5, 0.6) is 5.75 Å². The second kappa shape index (κ2) is 4.93. The van der Waals surface area contributed by atoms with E-state index in [1.165, 1.54) is 0 Å². The van der Waals surface area contributed by atoms with Gasteiger partial charge in [-0.1, -0.05) is 25.1 Å². The van der Waals surface area contributed by atoms with Gasteiger partial charge in [0.25, 0.3) is 5.17 Å². The van der Waals surface area contributed by atoms with E-state index in [9.17, 15) is 0 Å². The molecule has 0 amide bonds. The van der Waals surface area contributed by atoms with E-state index in [1.807, 2.05) is 25.1 Å². The third kappa shape index (κ3) is 2.43. The monoisotopic (exact) mass is 210 g/mol. The first-order chi connectivity index (χ1) is 6.69. The van der Waals surface area contributed by atoms with Crippen LogP contribution in [0.1, 0.15) is 18.1 Å². The fraction of sp³-hybridized carbons (Fsp3) is 0.300. The molecule has 0 radical (unpaired) electrons. The van der Waals surface area contributed by atoms with Gasteiger partial charge in [0, 0.05) is 12.1 Å². The molecule has 0 bridgehead atoms. The molecule has 0 heterocycles. The third-order valence-corrected chi connectivity index (χ3v) is 2.06. The van der Waals surface area contributed by atoms with Crippen LogP contribution in [0.3, 0.4) is 0 Å². The second-order valence-electron chi connectivity index (χ2n) is 2.88. The summed E-state index contributed by atoms with van der Waals surface area (Å²) in [7, 11) is 0. The van der Waals surface area contributed by atoms with Gasteiger partial charge in [0.15, 0.2) is 0 Å². The molecule has 4 N–H and O–H groups in total. The largest absolute Gasteiger partial charge is 0.431 e. The number of nitrogens with two attached hydrogens (primary N) is 2. The Balaban J connectivity index is 3.12. The molecule has 0 aliphatic heterocycles. The summed E-state index contributed by atoms with van der Waals surface area (Å²) in [4.78, 5) is 0. The van der Waals surface area contributed by atoms with Gasteiger partial charge in [-0.3, -0.25) is 0 Å². The molecule has 14 heavy (non-hydrogen) atoms. The number of para-hydroxylation sites is 1. The summed E-state index contributed by atoms with van der Waals surface area (Å²) in [6.45, 7) is 2.47. The molecule has 1 rings (SSSR count). The molecule has 4 heteroatoms. The number of hydrogen-bond acceptors (Lipinski definition) is 3. The molecular weight excluding hydrogens is 196 g/mol. The van der Waals surface area contributed by atoms with Gasteiger partial charge in [0.05, 0.1) is 0 Å². The molecule has 3 nitrogen and oxygen atoms in total. The molecule has 0 aliphatic carbocycles. The van der Waals surface area contributed by atoms with Crippen LogP contribution >= 0.6 is 12.2 Å². The Morgan fingerprint density at radius 3 is 2.57 bits per heavy atom. The van der Waals surface area contributed by atoms with E-state index in [2.05, 4.69) is 0 Å². The minimum Gasteiger partial charge on any atom is -0.431 e. The fourth-order valence-corrected chi connectivity index (χ4v) is 1.39. The Morgan fingerprint density at radius 2 is 2.07 bits per heavy atom. The Kier molecular flexibility index (Phi) is 3.85. The zero-order valence-electron chi connectivity index (χ0n) is 8.12. The number of ether oxygens (including phenoxy) is 1. The smallest absolute Gasteiger partial charge is 0.259 e. The lowest BCUT2D eigenvalue weighted by molar-refractivity contribution is 0.541. The lowest BCUT2D eigenvalue weighted by Crippen LogP contribution is -2.18. The predicted octanol–water partition coefficient (Wildman–Crippen LogP) is 1.33. The molecule has 0 aliphatic rings. The van der Waals surface area contributed by atoms with Crippen LogP contribution in [0, 0.1) is 0 Å². The van der Waals surface area contributed by atoms with Crippen molar-refractivity contribution in [3.8, 4) is 5.75 Å². The highest BCUT2D eigenvalue weighted by molar-refractivity contribution is 7.80. The van der Waals surface area contributed by atoms with Crippen LogP contribution < -0.4 is 16.2 Å². The third-order valence-electron chi connectivity index (χ3n) is 1.98. The molecule has 0 saturated heterocycles. The van der Waals surface area contributed by atoms with Gasteiger partial charge in [-0.05, 0) is 24.2 Å². The molecule has 0 atom stereocenters.